The lowest BCUT2D eigenvalue weighted by Gasteiger charge is -2.25. The van der Waals surface area contributed by atoms with Gasteiger partial charge in [0.2, 0.25) is 5.88 Å². The van der Waals surface area contributed by atoms with Crippen molar-refractivity contribution in [1.29, 1.82) is 0 Å². The van der Waals surface area contributed by atoms with Crippen LogP contribution in [0.5, 0.6) is 5.88 Å². The maximum atomic E-state index is 5.78. The van der Waals surface area contributed by atoms with Crippen LogP contribution in [0.3, 0.4) is 0 Å². The molecule has 1 N–H and O–H groups in total. The summed E-state index contributed by atoms with van der Waals surface area (Å²) in [6.45, 7) is 5.79. The molecule has 0 bridgehead atoms. The van der Waals surface area contributed by atoms with Crippen LogP contribution in [-0.4, -0.2) is 22.6 Å². The molecule has 100 valence electrons. The second-order valence-corrected chi connectivity index (χ2v) is 5.32. The highest BCUT2D eigenvalue weighted by Crippen LogP contribution is 2.29. The van der Waals surface area contributed by atoms with Gasteiger partial charge in [-0.2, -0.15) is 0 Å². The van der Waals surface area contributed by atoms with Crippen LogP contribution in [0.1, 0.15) is 45.1 Å². The molecular weight excluding hydrogens is 226 g/mol. The Morgan fingerprint density at radius 3 is 2.94 bits per heavy atom. The normalized spacial score (nSPS) is 15.7. The van der Waals surface area contributed by atoms with E-state index in [0.717, 1.165) is 36.9 Å². The molecule has 0 unspecified atom stereocenters. The molecule has 4 nitrogen and oxygen atoms in total. The summed E-state index contributed by atoms with van der Waals surface area (Å²) in [5, 5.41) is 3.36. The molecule has 0 saturated heterocycles. The molecule has 1 fully saturated rings. The van der Waals surface area contributed by atoms with Gasteiger partial charge in [-0.3, -0.25) is 0 Å². The minimum atomic E-state index is 0.452. The van der Waals surface area contributed by atoms with Gasteiger partial charge >= 0.3 is 0 Å². The third-order valence-electron chi connectivity index (χ3n) is 3.44. The number of hydrogen-bond acceptors (Lipinski definition) is 4. The van der Waals surface area contributed by atoms with E-state index in [9.17, 15) is 0 Å². The Bertz CT molecular complexity index is 364. The van der Waals surface area contributed by atoms with E-state index in [4.69, 9.17) is 4.74 Å². The third-order valence-corrected chi connectivity index (χ3v) is 3.44. The molecule has 1 heterocycles. The van der Waals surface area contributed by atoms with E-state index >= 15 is 0 Å². The number of ether oxygens (including phenoxy) is 1. The molecule has 1 saturated carbocycles. The van der Waals surface area contributed by atoms with E-state index in [1.165, 1.54) is 19.3 Å². The van der Waals surface area contributed by atoms with Crippen LogP contribution < -0.4 is 10.1 Å². The number of nitrogens with one attached hydrogen (secondary N) is 1. The quantitative estimate of drug-likeness (QED) is 0.806. The van der Waals surface area contributed by atoms with Gasteiger partial charge in [-0.25, -0.2) is 9.97 Å². The van der Waals surface area contributed by atoms with Crippen molar-refractivity contribution < 1.29 is 4.74 Å². The number of aromatic nitrogens is 2. The van der Waals surface area contributed by atoms with Gasteiger partial charge in [0.25, 0.3) is 0 Å². The Morgan fingerprint density at radius 1 is 1.44 bits per heavy atom. The molecule has 0 aliphatic heterocycles. The van der Waals surface area contributed by atoms with Gasteiger partial charge in [-0.05, 0) is 12.3 Å². The van der Waals surface area contributed by atoms with Crippen LogP contribution >= 0.6 is 0 Å². The van der Waals surface area contributed by atoms with Gasteiger partial charge in [-0.15, -0.1) is 0 Å². The van der Waals surface area contributed by atoms with E-state index in [-0.39, 0.29) is 0 Å². The molecule has 0 radical (unpaired) electrons. The van der Waals surface area contributed by atoms with E-state index in [1.54, 1.807) is 6.33 Å². The molecule has 1 aromatic heterocycles. The Kier molecular flexibility index (Phi) is 4.93. The van der Waals surface area contributed by atoms with Crippen molar-refractivity contribution in [3.63, 3.8) is 0 Å². The Hall–Kier alpha value is -1.16. The summed E-state index contributed by atoms with van der Waals surface area (Å²) < 4.78 is 5.78. The number of nitrogens with zero attached hydrogens (tertiary/aromatic N) is 2. The van der Waals surface area contributed by atoms with E-state index in [1.807, 2.05) is 6.20 Å². The summed E-state index contributed by atoms with van der Waals surface area (Å²) in [6, 6.07) is 0.452. The lowest BCUT2D eigenvalue weighted by Crippen LogP contribution is -2.22. The van der Waals surface area contributed by atoms with Gasteiger partial charge in [0.05, 0.1) is 6.61 Å². The van der Waals surface area contributed by atoms with Crippen LogP contribution in [0.15, 0.2) is 12.5 Å². The van der Waals surface area contributed by atoms with Crippen LogP contribution in [0.2, 0.25) is 0 Å². The average Bonchev–Trinajstić information content (AvgIpc) is 2.31. The lowest BCUT2D eigenvalue weighted by molar-refractivity contribution is 0.215. The van der Waals surface area contributed by atoms with Crippen LogP contribution in [-0.2, 0) is 6.54 Å². The topological polar surface area (TPSA) is 47.0 Å². The average molecular weight is 249 g/mol. The van der Waals surface area contributed by atoms with Crippen molar-refractivity contribution in [3.05, 3.63) is 18.1 Å². The molecule has 18 heavy (non-hydrogen) atoms. The second-order valence-electron chi connectivity index (χ2n) is 5.32. The van der Waals surface area contributed by atoms with Crippen molar-refractivity contribution in [1.82, 2.24) is 15.3 Å². The summed E-state index contributed by atoms with van der Waals surface area (Å²) in [4.78, 5) is 8.29. The molecule has 4 heteroatoms. The summed E-state index contributed by atoms with van der Waals surface area (Å²) in [7, 11) is 0. The van der Waals surface area contributed by atoms with Crippen molar-refractivity contribution in [2.45, 2.75) is 52.1 Å². The summed E-state index contributed by atoms with van der Waals surface area (Å²) >= 11 is 0. The van der Waals surface area contributed by atoms with Crippen molar-refractivity contribution in [2.24, 2.45) is 5.92 Å². The Balaban J connectivity index is 1.81. The maximum Gasteiger partial charge on any atom is 0.220 e. The first kappa shape index (κ1) is 13.3. The first-order chi connectivity index (χ1) is 8.75. The first-order valence-electron chi connectivity index (χ1n) is 6.90. The standard InChI is InChI=1S/C14H23N3O/c1-11(2)16-9-13-8-15-10-17-14(13)18-7-6-12-4-3-5-12/h8,10-12,16H,3-7,9H2,1-2H3. The molecule has 1 aromatic rings. The number of rotatable bonds is 7. The van der Waals surface area contributed by atoms with E-state index in [2.05, 4.69) is 29.1 Å². The van der Waals surface area contributed by atoms with Crippen molar-refractivity contribution in [3.8, 4) is 5.88 Å². The first-order valence-corrected chi connectivity index (χ1v) is 6.90. The number of hydrogen-bond donors (Lipinski definition) is 1. The molecule has 1 aliphatic carbocycles. The summed E-state index contributed by atoms with van der Waals surface area (Å²) in [5.74, 6) is 1.61. The van der Waals surface area contributed by atoms with Gasteiger partial charge in [-0.1, -0.05) is 33.1 Å². The van der Waals surface area contributed by atoms with E-state index in [0.29, 0.717) is 6.04 Å². The SMILES string of the molecule is CC(C)NCc1cncnc1OCCC1CCC1. The highest BCUT2D eigenvalue weighted by atomic mass is 16.5. The van der Waals surface area contributed by atoms with Crippen molar-refractivity contribution >= 4 is 0 Å². The second kappa shape index (κ2) is 6.69. The van der Waals surface area contributed by atoms with Crippen molar-refractivity contribution in [2.75, 3.05) is 6.61 Å². The zero-order valence-corrected chi connectivity index (χ0v) is 11.4. The molecule has 1 aliphatic rings. The fourth-order valence-electron chi connectivity index (χ4n) is 2.02. The molecule has 2 rings (SSSR count). The van der Waals surface area contributed by atoms with Gasteiger partial charge in [0, 0.05) is 24.3 Å². The smallest absolute Gasteiger partial charge is 0.220 e. The predicted molar refractivity (Wildman–Crippen MR) is 71.5 cm³/mol. The Morgan fingerprint density at radius 2 is 2.28 bits per heavy atom. The molecular formula is C14H23N3O. The molecule has 0 spiro atoms. The van der Waals surface area contributed by atoms with Gasteiger partial charge in [0.1, 0.15) is 6.33 Å². The van der Waals surface area contributed by atoms with Crippen LogP contribution in [0.4, 0.5) is 0 Å². The predicted octanol–water partition coefficient (Wildman–Crippen LogP) is 2.54. The van der Waals surface area contributed by atoms with Gasteiger partial charge < -0.3 is 10.1 Å². The highest BCUT2D eigenvalue weighted by molar-refractivity contribution is 5.21. The lowest BCUT2D eigenvalue weighted by atomic mass is 9.83. The zero-order valence-electron chi connectivity index (χ0n) is 11.4. The molecule has 0 amide bonds. The molecule has 0 atom stereocenters. The minimum absolute atomic E-state index is 0.452. The summed E-state index contributed by atoms with van der Waals surface area (Å²) in [6.07, 6.45) is 8.67. The summed E-state index contributed by atoms with van der Waals surface area (Å²) in [5.41, 5.74) is 1.04. The Labute approximate surface area is 109 Å². The fourth-order valence-corrected chi connectivity index (χ4v) is 2.02. The third kappa shape index (κ3) is 3.95. The monoisotopic (exact) mass is 249 g/mol. The highest BCUT2D eigenvalue weighted by Gasteiger charge is 2.17. The molecule has 0 aromatic carbocycles. The minimum Gasteiger partial charge on any atom is -0.477 e. The fraction of sp³-hybridized carbons (Fsp3) is 0.714. The van der Waals surface area contributed by atoms with Crippen LogP contribution in [0.25, 0.3) is 0 Å². The van der Waals surface area contributed by atoms with Gasteiger partial charge in [0.15, 0.2) is 0 Å². The maximum absolute atomic E-state index is 5.78. The van der Waals surface area contributed by atoms with Crippen LogP contribution in [0, 0.1) is 5.92 Å². The largest absolute Gasteiger partial charge is 0.477 e. The zero-order chi connectivity index (χ0) is 12.8. The van der Waals surface area contributed by atoms with E-state index < -0.39 is 0 Å².